The molecular formula is C9H14N4. The number of nitrogens with zero attached hydrogens (tertiary/aromatic N) is 2. The predicted molar refractivity (Wildman–Crippen MR) is 53.9 cm³/mol. The summed E-state index contributed by atoms with van der Waals surface area (Å²) in [7, 11) is 0. The summed E-state index contributed by atoms with van der Waals surface area (Å²) in [6, 6.07) is 0. The Morgan fingerprint density at radius 2 is 2.31 bits per heavy atom. The SMILES string of the molecule is Cc1nc(N)ncc1C=CCCN. The maximum atomic E-state index is 5.42. The van der Waals surface area contributed by atoms with Crippen LogP contribution in [-0.2, 0) is 0 Å². The fourth-order valence-corrected chi connectivity index (χ4v) is 0.964. The van der Waals surface area contributed by atoms with E-state index in [-0.39, 0.29) is 0 Å². The van der Waals surface area contributed by atoms with Crippen molar-refractivity contribution in [1.82, 2.24) is 9.97 Å². The summed E-state index contributed by atoms with van der Waals surface area (Å²) in [5.41, 5.74) is 12.6. The highest BCUT2D eigenvalue weighted by molar-refractivity contribution is 5.51. The van der Waals surface area contributed by atoms with Gasteiger partial charge in [-0.3, -0.25) is 0 Å². The smallest absolute Gasteiger partial charge is 0.220 e. The molecule has 0 atom stereocenters. The summed E-state index contributed by atoms with van der Waals surface area (Å²) in [5.74, 6) is 0.313. The Bertz CT molecular complexity index is 306. The number of rotatable bonds is 3. The van der Waals surface area contributed by atoms with Crippen LogP contribution >= 0.6 is 0 Å². The van der Waals surface area contributed by atoms with Crippen molar-refractivity contribution in [3.63, 3.8) is 0 Å². The lowest BCUT2D eigenvalue weighted by atomic mass is 10.2. The van der Waals surface area contributed by atoms with Crippen LogP contribution in [-0.4, -0.2) is 16.5 Å². The van der Waals surface area contributed by atoms with Gasteiger partial charge in [0.1, 0.15) is 0 Å². The monoisotopic (exact) mass is 178 g/mol. The normalized spacial score (nSPS) is 10.9. The van der Waals surface area contributed by atoms with Crippen molar-refractivity contribution >= 4 is 12.0 Å². The van der Waals surface area contributed by atoms with Crippen molar-refractivity contribution < 1.29 is 0 Å². The van der Waals surface area contributed by atoms with Crippen LogP contribution in [0.3, 0.4) is 0 Å². The highest BCUT2D eigenvalue weighted by Crippen LogP contribution is 2.07. The van der Waals surface area contributed by atoms with Gasteiger partial charge in [0, 0.05) is 11.8 Å². The lowest BCUT2D eigenvalue weighted by Crippen LogP contribution is -1.98. The van der Waals surface area contributed by atoms with Crippen molar-refractivity contribution in [3.05, 3.63) is 23.5 Å². The molecule has 0 aliphatic carbocycles. The average Bonchev–Trinajstić information content (AvgIpc) is 2.09. The fourth-order valence-electron chi connectivity index (χ4n) is 0.964. The first-order chi connectivity index (χ1) is 6.24. The number of hydrogen-bond donors (Lipinski definition) is 2. The van der Waals surface area contributed by atoms with Crippen LogP contribution in [0.5, 0.6) is 0 Å². The van der Waals surface area contributed by atoms with Crippen molar-refractivity contribution in [2.24, 2.45) is 5.73 Å². The summed E-state index contributed by atoms with van der Waals surface area (Å²) in [4.78, 5) is 7.94. The largest absolute Gasteiger partial charge is 0.368 e. The highest BCUT2D eigenvalue weighted by Gasteiger charge is 1.96. The van der Waals surface area contributed by atoms with E-state index >= 15 is 0 Å². The summed E-state index contributed by atoms with van der Waals surface area (Å²) < 4.78 is 0. The Kier molecular flexibility index (Phi) is 3.40. The van der Waals surface area contributed by atoms with E-state index in [1.807, 2.05) is 19.1 Å². The van der Waals surface area contributed by atoms with E-state index < -0.39 is 0 Å². The molecule has 70 valence electrons. The van der Waals surface area contributed by atoms with Crippen molar-refractivity contribution in [1.29, 1.82) is 0 Å². The van der Waals surface area contributed by atoms with Crippen LogP contribution in [0, 0.1) is 6.92 Å². The molecule has 0 aliphatic rings. The van der Waals surface area contributed by atoms with Crippen molar-refractivity contribution in [3.8, 4) is 0 Å². The number of aryl methyl sites for hydroxylation is 1. The first-order valence-corrected chi connectivity index (χ1v) is 4.19. The van der Waals surface area contributed by atoms with Crippen LogP contribution in [0.1, 0.15) is 17.7 Å². The third-order valence-corrected chi connectivity index (χ3v) is 1.67. The van der Waals surface area contributed by atoms with Gasteiger partial charge in [0.2, 0.25) is 5.95 Å². The molecule has 0 aliphatic heterocycles. The Morgan fingerprint density at radius 1 is 1.54 bits per heavy atom. The van der Waals surface area contributed by atoms with E-state index in [0.717, 1.165) is 17.7 Å². The van der Waals surface area contributed by atoms with Gasteiger partial charge in [-0.1, -0.05) is 12.2 Å². The van der Waals surface area contributed by atoms with Gasteiger partial charge < -0.3 is 11.5 Å². The number of aromatic nitrogens is 2. The molecule has 0 bridgehead atoms. The van der Waals surface area contributed by atoms with E-state index in [9.17, 15) is 0 Å². The van der Waals surface area contributed by atoms with Gasteiger partial charge in [-0.25, -0.2) is 9.97 Å². The van der Waals surface area contributed by atoms with E-state index in [1.54, 1.807) is 6.20 Å². The van der Waals surface area contributed by atoms with Crippen LogP contribution in [0.15, 0.2) is 12.3 Å². The maximum absolute atomic E-state index is 5.42. The van der Waals surface area contributed by atoms with E-state index in [1.165, 1.54) is 0 Å². The second-order valence-corrected chi connectivity index (χ2v) is 2.75. The zero-order valence-electron chi connectivity index (χ0n) is 7.70. The van der Waals surface area contributed by atoms with E-state index in [4.69, 9.17) is 11.5 Å². The molecule has 1 aromatic rings. The van der Waals surface area contributed by atoms with Crippen molar-refractivity contribution in [2.75, 3.05) is 12.3 Å². The molecule has 0 amide bonds. The van der Waals surface area contributed by atoms with Gasteiger partial charge in [0.25, 0.3) is 0 Å². The number of hydrogen-bond acceptors (Lipinski definition) is 4. The average molecular weight is 178 g/mol. The molecule has 4 nitrogen and oxygen atoms in total. The molecule has 13 heavy (non-hydrogen) atoms. The molecule has 4 heteroatoms. The zero-order valence-corrected chi connectivity index (χ0v) is 7.70. The second kappa shape index (κ2) is 4.57. The van der Waals surface area contributed by atoms with Crippen molar-refractivity contribution in [2.45, 2.75) is 13.3 Å². The Morgan fingerprint density at radius 3 is 2.92 bits per heavy atom. The summed E-state index contributed by atoms with van der Waals surface area (Å²) in [6.07, 6.45) is 6.54. The van der Waals surface area contributed by atoms with E-state index in [2.05, 4.69) is 9.97 Å². The lowest BCUT2D eigenvalue weighted by molar-refractivity contribution is 1.01. The summed E-state index contributed by atoms with van der Waals surface area (Å²) in [6.45, 7) is 2.56. The third kappa shape index (κ3) is 2.83. The van der Waals surface area contributed by atoms with Crippen LogP contribution in [0.2, 0.25) is 0 Å². The van der Waals surface area contributed by atoms with Crippen LogP contribution < -0.4 is 11.5 Å². The Balaban J connectivity index is 2.77. The molecule has 0 fully saturated rings. The Hall–Kier alpha value is -1.42. The maximum Gasteiger partial charge on any atom is 0.220 e. The van der Waals surface area contributed by atoms with Gasteiger partial charge in [-0.2, -0.15) is 0 Å². The first-order valence-electron chi connectivity index (χ1n) is 4.19. The first kappa shape index (κ1) is 9.67. The molecule has 1 aromatic heterocycles. The van der Waals surface area contributed by atoms with E-state index in [0.29, 0.717) is 12.5 Å². The minimum absolute atomic E-state index is 0.313. The number of nitrogen functional groups attached to an aromatic ring is 1. The van der Waals surface area contributed by atoms with Gasteiger partial charge in [0.05, 0.1) is 5.69 Å². The molecular weight excluding hydrogens is 164 g/mol. The standard InChI is InChI=1S/C9H14N4/c1-7-8(4-2-3-5-10)6-12-9(11)13-7/h2,4,6H,3,5,10H2,1H3,(H2,11,12,13). The summed E-state index contributed by atoms with van der Waals surface area (Å²) >= 11 is 0. The van der Waals surface area contributed by atoms with Gasteiger partial charge >= 0.3 is 0 Å². The molecule has 0 saturated carbocycles. The quantitative estimate of drug-likeness (QED) is 0.715. The molecule has 1 rings (SSSR count). The minimum atomic E-state index is 0.313. The minimum Gasteiger partial charge on any atom is -0.368 e. The molecule has 0 radical (unpaired) electrons. The predicted octanol–water partition coefficient (Wildman–Crippen LogP) is 0.729. The number of nitrogens with two attached hydrogens (primary N) is 2. The highest BCUT2D eigenvalue weighted by atomic mass is 15.0. The summed E-state index contributed by atoms with van der Waals surface area (Å²) in [5, 5.41) is 0. The molecule has 0 spiro atoms. The molecule has 0 saturated heterocycles. The third-order valence-electron chi connectivity index (χ3n) is 1.67. The molecule has 4 N–H and O–H groups in total. The molecule has 0 aromatic carbocycles. The van der Waals surface area contributed by atoms with Gasteiger partial charge in [0.15, 0.2) is 0 Å². The molecule has 1 heterocycles. The van der Waals surface area contributed by atoms with Gasteiger partial charge in [-0.05, 0) is 19.9 Å². The topological polar surface area (TPSA) is 77.8 Å². The van der Waals surface area contributed by atoms with Crippen LogP contribution in [0.4, 0.5) is 5.95 Å². The second-order valence-electron chi connectivity index (χ2n) is 2.75. The van der Waals surface area contributed by atoms with Gasteiger partial charge in [-0.15, -0.1) is 0 Å². The molecule has 0 unspecified atom stereocenters. The lowest BCUT2D eigenvalue weighted by Gasteiger charge is -1.98. The fraction of sp³-hybridized carbons (Fsp3) is 0.333. The Labute approximate surface area is 77.7 Å². The van der Waals surface area contributed by atoms with Crippen LogP contribution in [0.25, 0.3) is 6.08 Å². The number of anilines is 1. The zero-order chi connectivity index (χ0) is 9.68.